The van der Waals surface area contributed by atoms with Crippen molar-refractivity contribution in [2.75, 3.05) is 17.6 Å². The summed E-state index contributed by atoms with van der Waals surface area (Å²) in [6.45, 7) is 4.29. The van der Waals surface area contributed by atoms with Gasteiger partial charge in [-0.1, -0.05) is 41.8 Å². The van der Waals surface area contributed by atoms with Crippen molar-refractivity contribution in [2.24, 2.45) is 0 Å². The molecule has 1 atom stereocenters. The molecule has 0 spiro atoms. The van der Waals surface area contributed by atoms with Gasteiger partial charge in [0.05, 0.1) is 11.0 Å². The van der Waals surface area contributed by atoms with Crippen LogP contribution in [0.15, 0.2) is 26.9 Å². The maximum absolute atomic E-state index is 13.2. The molecule has 6 nitrogen and oxygen atoms in total. The number of anilines is 1. The zero-order valence-corrected chi connectivity index (χ0v) is 17.1. The van der Waals surface area contributed by atoms with Crippen LogP contribution in [-0.4, -0.2) is 39.6 Å². The molecule has 1 aromatic heterocycles. The van der Waals surface area contributed by atoms with E-state index in [4.69, 9.17) is 0 Å². The van der Waals surface area contributed by atoms with Gasteiger partial charge in [-0.05, 0) is 25.5 Å². The fourth-order valence-corrected chi connectivity index (χ4v) is 4.76. The Morgan fingerprint density at radius 1 is 1.22 bits per heavy atom. The van der Waals surface area contributed by atoms with Gasteiger partial charge in [-0.15, -0.1) is 10.2 Å². The minimum absolute atomic E-state index is 0.0643. The molecular weight excluding hydrogens is 414 g/mol. The van der Waals surface area contributed by atoms with E-state index in [9.17, 15) is 18.4 Å². The highest BCUT2D eigenvalue weighted by Gasteiger charge is 2.18. The second kappa shape index (κ2) is 10.6. The highest BCUT2D eigenvalue weighted by Crippen LogP contribution is 2.31. The first kappa shape index (κ1) is 21.6. The van der Waals surface area contributed by atoms with E-state index < -0.39 is 16.9 Å². The number of amides is 2. The van der Waals surface area contributed by atoms with Gasteiger partial charge < -0.3 is 10.6 Å². The summed E-state index contributed by atoms with van der Waals surface area (Å²) in [5.41, 5.74) is 0.179. The number of carbonyl (C=O) groups is 2. The van der Waals surface area contributed by atoms with Gasteiger partial charge >= 0.3 is 0 Å². The van der Waals surface area contributed by atoms with Gasteiger partial charge in [-0.25, -0.2) is 8.78 Å². The largest absolute Gasteiger partial charge is 0.355 e. The molecule has 2 aromatic rings. The highest BCUT2D eigenvalue weighted by molar-refractivity contribution is 8.04. The second-order valence-electron chi connectivity index (χ2n) is 5.35. The van der Waals surface area contributed by atoms with E-state index in [0.29, 0.717) is 15.2 Å². The summed E-state index contributed by atoms with van der Waals surface area (Å²) in [7, 11) is 0. The van der Waals surface area contributed by atoms with Crippen molar-refractivity contribution in [3.8, 4) is 0 Å². The van der Waals surface area contributed by atoms with Crippen molar-refractivity contribution in [3.63, 3.8) is 0 Å². The normalized spacial score (nSPS) is 11.9. The minimum Gasteiger partial charge on any atom is -0.355 e. The molecule has 1 heterocycles. The maximum Gasteiger partial charge on any atom is 0.237 e. The number of thioether (sulfide) groups is 2. The maximum atomic E-state index is 13.2. The quantitative estimate of drug-likeness (QED) is 0.590. The van der Waals surface area contributed by atoms with Crippen LogP contribution in [-0.2, 0) is 9.59 Å². The third-order valence-electron chi connectivity index (χ3n) is 3.12. The number of nitrogens with one attached hydrogen (secondary N) is 2. The zero-order chi connectivity index (χ0) is 19.8. The highest BCUT2D eigenvalue weighted by atomic mass is 32.2. The summed E-state index contributed by atoms with van der Waals surface area (Å²) in [5.74, 6) is -2.18. The second-order valence-corrected chi connectivity index (χ2v) is 9.14. The smallest absolute Gasteiger partial charge is 0.237 e. The number of aromatic nitrogens is 2. The van der Waals surface area contributed by atoms with Crippen molar-refractivity contribution in [1.29, 1.82) is 0 Å². The van der Waals surface area contributed by atoms with Crippen LogP contribution in [0.3, 0.4) is 0 Å². The van der Waals surface area contributed by atoms with Crippen molar-refractivity contribution in [3.05, 3.63) is 29.8 Å². The average Bonchev–Trinajstić information content (AvgIpc) is 3.08. The van der Waals surface area contributed by atoms with E-state index in [-0.39, 0.29) is 23.3 Å². The first-order valence-corrected chi connectivity index (χ1v) is 10.7. The molecule has 0 saturated carbocycles. The summed E-state index contributed by atoms with van der Waals surface area (Å²) in [4.78, 5) is 23.8. The van der Waals surface area contributed by atoms with Gasteiger partial charge in [-0.3, -0.25) is 9.59 Å². The van der Waals surface area contributed by atoms with Crippen LogP contribution in [0.25, 0.3) is 0 Å². The summed E-state index contributed by atoms with van der Waals surface area (Å²) in [5, 5.41) is 12.8. The summed E-state index contributed by atoms with van der Waals surface area (Å²) in [6, 6.07) is 3.17. The lowest BCUT2D eigenvalue weighted by Crippen LogP contribution is -2.25. The Kier molecular flexibility index (Phi) is 8.45. The molecule has 2 rings (SSSR count). The molecule has 0 bridgehead atoms. The fourth-order valence-electron chi connectivity index (χ4n) is 1.77. The molecule has 0 fully saturated rings. The zero-order valence-electron chi connectivity index (χ0n) is 14.6. The van der Waals surface area contributed by atoms with Crippen LogP contribution >= 0.6 is 34.9 Å². The molecule has 0 aliphatic heterocycles. The number of benzene rings is 1. The molecule has 0 radical (unpaired) electrons. The van der Waals surface area contributed by atoms with Crippen molar-refractivity contribution in [1.82, 2.24) is 15.5 Å². The Labute approximate surface area is 167 Å². The van der Waals surface area contributed by atoms with E-state index in [2.05, 4.69) is 20.8 Å². The first-order valence-electron chi connectivity index (χ1n) is 8.04. The predicted octanol–water partition coefficient (Wildman–Crippen LogP) is 3.55. The van der Waals surface area contributed by atoms with Crippen LogP contribution in [0, 0.1) is 11.6 Å². The molecule has 1 unspecified atom stereocenters. The molecule has 0 saturated heterocycles. The van der Waals surface area contributed by atoms with Crippen LogP contribution in [0.2, 0.25) is 0 Å². The van der Waals surface area contributed by atoms with E-state index in [1.54, 1.807) is 6.92 Å². The van der Waals surface area contributed by atoms with Gasteiger partial charge in [0, 0.05) is 18.3 Å². The van der Waals surface area contributed by atoms with Gasteiger partial charge in [-0.2, -0.15) is 0 Å². The third-order valence-corrected chi connectivity index (χ3v) is 6.36. The lowest BCUT2D eigenvalue weighted by Gasteiger charge is -2.10. The summed E-state index contributed by atoms with van der Waals surface area (Å²) in [6.07, 6.45) is 0.876. The van der Waals surface area contributed by atoms with E-state index in [0.717, 1.165) is 18.6 Å². The lowest BCUT2D eigenvalue weighted by atomic mass is 10.3. The van der Waals surface area contributed by atoms with Gasteiger partial charge in [0.25, 0.3) is 0 Å². The number of carbonyl (C=O) groups excluding carboxylic acids is 2. The fraction of sp³-hybridized carbons (Fsp3) is 0.375. The van der Waals surface area contributed by atoms with Gasteiger partial charge in [0.1, 0.15) is 0 Å². The molecular formula is C16H18F2N4O2S3. The number of halogens is 2. The third kappa shape index (κ3) is 7.07. The standard InChI is InChI=1S/C16H18F2N4O2S3/c1-3-6-19-13(23)8-25-15-21-22-16(27-15)26-9(2)14(24)20-10-4-5-11(17)12(18)7-10/h4-5,7,9H,3,6,8H2,1-2H3,(H,19,23)(H,20,24). The predicted molar refractivity (Wildman–Crippen MR) is 104 cm³/mol. The van der Waals surface area contributed by atoms with Gasteiger partial charge in [0.2, 0.25) is 11.8 Å². The molecule has 2 N–H and O–H groups in total. The number of nitrogens with zero attached hydrogens (tertiary/aromatic N) is 2. The van der Waals surface area contributed by atoms with Crippen molar-refractivity contribution < 1.29 is 18.4 Å². The van der Waals surface area contributed by atoms with E-state index >= 15 is 0 Å². The average molecular weight is 433 g/mol. The summed E-state index contributed by atoms with van der Waals surface area (Å²) >= 11 is 3.77. The van der Waals surface area contributed by atoms with Crippen LogP contribution < -0.4 is 10.6 Å². The molecule has 27 heavy (non-hydrogen) atoms. The molecule has 0 aliphatic rings. The number of hydrogen-bond acceptors (Lipinski definition) is 7. The molecule has 146 valence electrons. The van der Waals surface area contributed by atoms with Crippen LogP contribution in [0.1, 0.15) is 20.3 Å². The van der Waals surface area contributed by atoms with E-state index in [1.807, 2.05) is 6.92 Å². The Hall–Kier alpha value is -1.72. The Bertz CT molecular complexity index is 804. The minimum atomic E-state index is -1.03. The number of hydrogen-bond donors (Lipinski definition) is 2. The Balaban J connectivity index is 1.83. The Morgan fingerprint density at radius 3 is 2.67 bits per heavy atom. The van der Waals surface area contributed by atoms with Crippen molar-refractivity contribution in [2.45, 2.75) is 34.2 Å². The topological polar surface area (TPSA) is 84.0 Å². The van der Waals surface area contributed by atoms with Crippen LogP contribution in [0.4, 0.5) is 14.5 Å². The Morgan fingerprint density at radius 2 is 1.96 bits per heavy atom. The van der Waals surface area contributed by atoms with E-state index in [1.165, 1.54) is 40.9 Å². The molecule has 0 aliphatic carbocycles. The molecule has 11 heteroatoms. The molecule has 1 aromatic carbocycles. The van der Waals surface area contributed by atoms with Crippen LogP contribution in [0.5, 0.6) is 0 Å². The SMILES string of the molecule is CCCNC(=O)CSc1nnc(SC(C)C(=O)Nc2ccc(F)c(F)c2)s1. The number of rotatable bonds is 9. The monoisotopic (exact) mass is 432 g/mol. The van der Waals surface area contributed by atoms with Gasteiger partial charge in [0.15, 0.2) is 20.3 Å². The molecule has 2 amide bonds. The lowest BCUT2D eigenvalue weighted by molar-refractivity contribution is -0.118. The van der Waals surface area contributed by atoms with Crippen molar-refractivity contribution >= 4 is 52.4 Å². The summed E-state index contributed by atoms with van der Waals surface area (Å²) < 4.78 is 27.3. The first-order chi connectivity index (χ1) is 12.9.